The van der Waals surface area contributed by atoms with Crippen molar-refractivity contribution < 1.29 is 9.59 Å². The van der Waals surface area contributed by atoms with Crippen LogP contribution in [0.2, 0.25) is 0 Å². The van der Waals surface area contributed by atoms with E-state index in [1.54, 1.807) is 12.1 Å². The number of imidazole rings is 1. The van der Waals surface area contributed by atoms with Crippen molar-refractivity contribution in [3.05, 3.63) is 72.2 Å². The Morgan fingerprint density at radius 1 is 0.913 bits per heavy atom. The molecule has 0 saturated heterocycles. The van der Waals surface area contributed by atoms with Crippen LogP contribution in [0.15, 0.2) is 60.9 Å². The van der Waals surface area contributed by atoms with E-state index in [2.05, 4.69) is 4.98 Å². The molecule has 6 nitrogen and oxygen atoms in total. The van der Waals surface area contributed by atoms with Gasteiger partial charge in [0.2, 0.25) is 0 Å². The second-order valence-electron chi connectivity index (χ2n) is 4.96. The molecule has 3 rings (SSSR count). The zero-order valence-corrected chi connectivity index (χ0v) is 12.1. The summed E-state index contributed by atoms with van der Waals surface area (Å²) >= 11 is 0. The largest absolute Gasteiger partial charge is 0.383 e. The minimum Gasteiger partial charge on any atom is -0.383 e. The number of aromatic nitrogens is 2. The third-order valence-corrected chi connectivity index (χ3v) is 3.50. The lowest BCUT2D eigenvalue weighted by Gasteiger charge is -2.06. The molecule has 23 heavy (non-hydrogen) atoms. The van der Waals surface area contributed by atoms with Gasteiger partial charge < -0.3 is 11.5 Å². The van der Waals surface area contributed by atoms with Crippen molar-refractivity contribution in [2.75, 3.05) is 5.73 Å². The third kappa shape index (κ3) is 2.69. The number of primary amides is 1. The zero-order valence-electron chi connectivity index (χ0n) is 12.1. The number of nitrogen functional groups attached to an aromatic ring is 1. The number of benzene rings is 2. The maximum atomic E-state index is 12.4. The smallest absolute Gasteiger partial charge is 0.271 e. The van der Waals surface area contributed by atoms with Gasteiger partial charge in [0.15, 0.2) is 5.69 Å². The van der Waals surface area contributed by atoms with Crippen LogP contribution < -0.4 is 11.5 Å². The Bertz CT molecular complexity index is 867. The van der Waals surface area contributed by atoms with Gasteiger partial charge in [-0.1, -0.05) is 42.5 Å². The summed E-state index contributed by atoms with van der Waals surface area (Å²) < 4.78 is 1.11. The molecule has 1 aromatic heterocycles. The zero-order chi connectivity index (χ0) is 16.4. The summed E-state index contributed by atoms with van der Waals surface area (Å²) in [5.41, 5.74) is 13.3. The molecule has 0 bridgehead atoms. The van der Waals surface area contributed by atoms with E-state index in [4.69, 9.17) is 11.5 Å². The maximum absolute atomic E-state index is 12.4. The lowest BCUT2D eigenvalue weighted by molar-refractivity contribution is 0.0962. The first-order chi connectivity index (χ1) is 11.1. The van der Waals surface area contributed by atoms with Crippen LogP contribution in [-0.2, 0) is 0 Å². The van der Waals surface area contributed by atoms with Gasteiger partial charge in [0.05, 0.1) is 0 Å². The first-order valence-corrected chi connectivity index (χ1v) is 6.90. The Morgan fingerprint density at radius 3 is 2.09 bits per heavy atom. The molecule has 3 aromatic rings. The fourth-order valence-electron chi connectivity index (χ4n) is 2.28. The molecule has 0 unspecified atom stereocenters. The van der Waals surface area contributed by atoms with Gasteiger partial charge in [0.1, 0.15) is 12.1 Å². The Balaban J connectivity index is 1.91. The Hall–Kier alpha value is -3.41. The van der Waals surface area contributed by atoms with Crippen LogP contribution in [0.4, 0.5) is 5.82 Å². The number of carbonyl (C=O) groups excluding carboxylic acids is 2. The average Bonchev–Trinajstić information content (AvgIpc) is 2.97. The molecule has 0 aliphatic rings. The van der Waals surface area contributed by atoms with Crippen molar-refractivity contribution in [2.45, 2.75) is 0 Å². The van der Waals surface area contributed by atoms with E-state index in [0.717, 1.165) is 15.7 Å². The van der Waals surface area contributed by atoms with Gasteiger partial charge >= 0.3 is 0 Å². The summed E-state index contributed by atoms with van der Waals surface area (Å²) in [6, 6.07) is 16.9. The lowest BCUT2D eigenvalue weighted by Crippen LogP contribution is -2.17. The monoisotopic (exact) mass is 306 g/mol. The molecule has 1 amide bonds. The number of nitrogens with two attached hydrogens (primary N) is 2. The molecule has 4 N–H and O–H groups in total. The number of nitrogens with zero attached hydrogens (tertiary/aromatic N) is 2. The van der Waals surface area contributed by atoms with E-state index in [1.165, 1.54) is 6.33 Å². The van der Waals surface area contributed by atoms with Crippen molar-refractivity contribution in [1.82, 2.24) is 9.55 Å². The summed E-state index contributed by atoms with van der Waals surface area (Å²) in [6.45, 7) is 0. The van der Waals surface area contributed by atoms with Gasteiger partial charge in [-0.05, 0) is 23.3 Å². The fraction of sp³-hybridized carbons (Fsp3) is 0. The highest BCUT2D eigenvalue weighted by molar-refractivity contribution is 6.02. The predicted octanol–water partition coefficient (Wildman–Crippen LogP) is 1.92. The molecule has 0 fully saturated rings. The van der Waals surface area contributed by atoms with Crippen LogP contribution in [0, 0.1) is 0 Å². The Morgan fingerprint density at radius 2 is 1.52 bits per heavy atom. The number of hydrogen-bond acceptors (Lipinski definition) is 4. The van der Waals surface area contributed by atoms with Gasteiger partial charge in [-0.2, -0.15) is 0 Å². The van der Waals surface area contributed by atoms with Crippen molar-refractivity contribution in [3.8, 4) is 11.1 Å². The predicted molar refractivity (Wildman–Crippen MR) is 86.8 cm³/mol. The number of amides is 1. The summed E-state index contributed by atoms with van der Waals surface area (Å²) in [7, 11) is 0. The van der Waals surface area contributed by atoms with E-state index in [1.807, 2.05) is 42.5 Å². The molecule has 0 spiro atoms. The van der Waals surface area contributed by atoms with Gasteiger partial charge in [0, 0.05) is 5.56 Å². The van der Waals surface area contributed by atoms with Crippen LogP contribution in [-0.4, -0.2) is 21.4 Å². The number of anilines is 1. The molecule has 114 valence electrons. The average molecular weight is 306 g/mol. The van der Waals surface area contributed by atoms with Gasteiger partial charge in [-0.3, -0.25) is 14.2 Å². The van der Waals surface area contributed by atoms with Crippen molar-refractivity contribution in [2.24, 2.45) is 5.73 Å². The first-order valence-electron chi connectivity index (χ1n) is 6.90. The molecule has 0 saturated carbocycles. The molecule has 2 aromatic carbocycles. The molecule has 0 aliphatic heterocycles. The highest BCUT2D eigenvalue weighted by atomic mass is 16.2. The summed E-state index contributed by atoms with van der Waals surface area (Å²) in [5, 5.41) is 0. The van der Waals surface area contributed by atoms with E-state index >= 15 is 0 Å². The molecule has 0 radical (unpaired) electrons. The molecular formula is C17H14N4O2. The summed E-state index contributed by atoms with van der Waals surface area (Å²) in [5.74, 6) is -1.20. The van der Waals surface area contributed by atoms with Crippen LogP contribution >= 0.6 is 0 Å². The minimum absolute atomic E-state index is 0.0605. The Labute approximate surface area is 132 Å². The normalized spacial score (nSPS) is 10.4. The van der Waals surface area contributed by atoms with Crippen molar-refractivity contribution in [1.29, 1.82) is 0 Å². The number of carbonyl (C=O) groups is 2. The number of hydrogen-bond donors (Lipinski definition) is 2. The molecule has 0 atom stereocenters. The van der Waals surface area contributed by atoms with E-state index in [0.29, 0.717) is 5.56 Å². The van der Waals surface area contributed by atoms with Gasteiger partial charge in [-0.15, -0.1) is 0 Å². The van der Waals surface area contributed by atoms with E-state index in [-0.39, 0.29) is 17.4 Å². The van der Waals surface area contributed by atoms with Crippen LogP contribution in [0.25, 0.3) is 11.1 Å². The topological polar surface area (TPSA) is 104 Å². The summed E-state index contributed by atoms with van der Waals surface area (Å²) in [4.78, 5) is 27.4. The summed E-state index contributed by atoms with van der Waals surface area (Å²) in [6.07, 6.45) is 1.20. The van der Waals surface area contributed by atoms with Gasteiger partial charge in [0.25, 0.3) is 11.8 Å². The van der Waals surface area contributed by atoms with E-state index in [9.17, 15) is 9.59 Å². The first kappa shape index (κ1) is 14.5. The molecule has 0 aliphatic carbocycles. The highest BCUT2D eigenvalue weighted by Crippen LogP contribution is 2.20. The molecule has 1 heterocycles. The van der Waals surface area contributed by atoms with E-state index < -0.39 is 5.91 Å². The second kappa shape index (κ2) is 5.76. The number of rotatable bonds is 3. The van der Waals surface area contributed by atoms with Crippen LogP contribution in [0.5, 0.6) is 0 Å². The quantitative estimate of drug-likeness (QED) is 0.771. The van der Waals surface area contributed by atoms with Crippen molar-refractivity contribution in [3.63, 3.8) is 0 Å². The third-order valence-electron chi connectivity index (χ3n) is 3.50. The fourth-order valence-corrected chi connectivity index (χ4v) is 2.28. The second-order valence-corrected chi connectivity index (χ2v) is 4.96. The van der Waals surface area contributed by atoms with Gasteiger partial charge in [-0.25, -0.2) is 4.98 Å². The molecular weight excluding hydrogens is 292 g/mol. The van der Waals surface area contributed by atoms with Crippen LogP contribution in [0.3, 0.4) is 0 Å². The van der Waals surface area contributed by atoms with Crippen LogP contribution in [0.1, 0.15) is 20.8 Å². The Kier molecular flexibility index (Phi) is 3.64. The molecule has 6 heteroatoms. The maximum Gasteiger partial charge on any atom is 0.271 e. The lowest BCUT2D eigenvalue weighted by atomic mass is 10.0. The SMILES string of the molecule is NC(=O)c1ncn(C(=O)c2ccc(-c3ccccc3)cc2)c1N. The van der Waals surface area contributed by atoms with Crippen molar-refractivity contribution >= 4 is 17.6 Å². The standard InChI is InChI=1S/C17H14N4O2/c18-15-14(16(19)22)20-10-21(15)17(23)13-8-6-12(7-9-13)11-4-2-1-3-5-11/h1-10H,18H2,(H2,19,22). The highest BCUT2D eigenvalue weighted by Gasteiger charge is 2.18. The minimum atomic E-state index is -0.770.